The lowest BCUT2D eigenvalue weighted by Gasteiger charge is -2.21. The number of anilines is 1. The predicted molar refractivity (Wildman–Crippen MR) is 114 cm³/mol. The number of ketones is 1. The summed E-state index contributed by atoms with van der Waals surface area (Å²) in [5.41, 5.74) is 4.89. The Hall–Kier alpha value is -2.29. The van der Waals surface area contributed by atoms with Crippen molar-refractivity contribution in [3.63, 3.8) is 0 Å². The standard InChI is InChI=1S/C23H21Cl2NO/c1-15-3-7-17(8-4-15)23(27)14-22(18-9-12-20(24)21(25)13-18)26-19-10-5-16(2)6-11-19/h3-13,22,26H,14H2,1-2H3. The highest BCUT2D eigenvalue weighted by atomic mass is 35.5. The SMILES string of the molecule is Cc1ccc(NC(CC(=O)c2ccc(C)cc2)c2ccc(Cl)c(Cl)c2)cc1. The molecule has 0 spiro atoms. The summed E-state index contributed by atoms with van der Waals surface area (Å²) in [6.45, 7) is 4.05. The molecule has 0 aliphatic heterocycles. The van der Waals surface area contributed by atoms with E-state index in [-0.39, 0.29) is 11.8 Å². The number of Topliss-reactive ketones (excluding diaryl/α,β-unsaturated/α-hetero) is 1. The first-order chi connectivity index (χ1) is 12.9. The molecule has 0 aliphatic rings. The molecule has 0 fully saturated rings. The van der Waals surface area contributed by atoms with Gasteiger partial charge >= 0.3 is 0 Å². The van der Waals surface area contributed by atoms with Gasteiger partial charge in [0.25, 0.3) is 0 Å². The molecule has 1 N–H and O–H groups in total. The highest BCUT2D eigenvalue weighted by Crippen LogP contribution is 2.30. The molecule has 3 aromatic rings. The molecule has 4 heteroatoms. The van der Waals surface area contributed by atoms with Gasteiger partial charge < -0.3 is 5.32 Å². The first-order valence-corrected chi connectivity index (χ1v) is 9.56. The molecular weight excluding hydrogens is 377 g/mol. The van der Waals surface area contributed by atoms with Gasteiger partial charge in [-0.3, -0.25) is 4.79 Å². The van der Waals surface area contributed by atoms with Crippen molar-refractivity contribution in [3.05, 3.63) is 99.0 Å². The van der Waals surface area contributed by atoms with Crippen molar-refractivity contribution >= 4 is 34.7 Å². The summed E-state index contributed by atoms with van der Waals surface area (Å²) >= 11 is 12.3. The Morgan fingerprint density at radius 3 is 2.04 bits per heavy atom. The predicted octanol–water partition coefficient (Wildman–Crippen LogP) is 7.04. The number of halogens is 2. The molecule has 0 amide bonds. The van der Waals surface area contributed by atoms with Crippen molar-refractivity contribution in [2.24, 2.45) is 0 Å². The third kappa shape index (κ3) is 5.12. The van der Waals surface area contributed by atoms with Crippen molar-refractivity contribution in [2.45, 2.75) is 26.3 Å². The zero-order chi connectivity index (χ0) is 19.4. The summed E-state index contributed by atoms with van der Waals surface area (Å²) in [6, 6.07) is 21.0. The number of benzene rings is 3. The summed E-state index contributed by atoms with van der Waals surface area (Å²) in [4.78, 5) is 12.8. The number of nitrogens with one attached hydrogen (secondary N) is 1. The fourth-order valence-corrected chi connectivity index (χ4v) is 3.18. The zero-order valence-corrected chi connectivity index (χ0v) is 16.8. The lowest BCUT2D eigenvalue weighted by atomic mass is 9.97. The molecule has 1 unspecified atom stereocenters. The minimum atomic E-state index is -0.212. The van der Waals surface area contributed by atoms with Crippen molar-refractivity contribution in [1.29, 1.82) is 0 Å². The van der Waals surface area contributed by atoms with Crippen LogP contribution in [0.2, 0.25) is 10.0 Å². The summed E-state index contributed by atoms with van der Waals surface area (Å²) < 4.78 is 0. The van der Waals surface area contributed by atoms with Gasteiger partial charge in [0.2, 0.25) is 0 Å². The van der Waals surface area contributed by atoms with Crippen molar-refractivity contribution in [2.75, 3.05) is 5.32 Å². The Morgan fingerprint density at radius 1 is 0.852 bits per heavy atom. The highest BCUT2D eigenvalue weighted by Gasteiger charge is 2.18. The van der Waals surface area contributed by atoms with Crippen LogP contribution in [0.3, 0.4) is 0 Å². The van der Waals surface area contributed by atoms with Crippen molar-refractivity contribution in [3.8, 4) is 0 Å². The monoisotopic (exact) mass is 397 g/mol. The molecule has 27 heavy (non-hydrogen) atoms. The number of carbonyl (C=O) groups is 1. The number of hydrogen-bond acceptors (Lipinski definition) is 2. The highest BCUT2D eigenvalue weighted by molar-refractivity contribution is 6.42. The normalized spacial score (nSPS) is 11.9. The van der Waals surface area contributed by atoms with Gasteiger partial charge in [0.15, 0.2) is 5.78 Å². The second-order valence-corrected chi connectivity index (χ2v) is 7.54. The van der Waals surface area contributed by atoms with Gasteiger partial charge in [-0.1, -0.05) is 76.8 Å². The average molecular weight is 398 g/mol. The third-order valence-corrected chi connectivity index (χ3v) is 5.24. The third-order valence-electron chi connectivity index (χ3n) is 4.50. The van der Waals surface area contributed by atoms with E-state index < -0.39 is 0 Å². The van der Waals surface area contributed by atoms with Gasteiger partial charge in [-0.15, -0.1) is 0 Å². The van der Waals surface area contributed by atoms with Gasteiger partial charge in [0.1, 0.15) is 0 Å². The summed E-state index contributed by atoms with van der Waals surface area (Å²) in [7, 11) is 0. The first-order valence-electron chi connectivity index (χ1n) is 8.80. The molecular formula is C23H21Cl2NO. The van der Waals surface area contributed by atoms with Crippen LogP contribution >= 0.6 is 23.2 Å². The maximum atomic E-state index is 12.8. The van der Waals surface area contributed by atoms with E-state index in [1.807, 2.05) is 74.5 Å². The second-order valence-electron chi connectivity index (χ2n) is 6.73. The molecule has 0 saturated heterocycles. The van der Waals surface area contributed by atoms with E-state index in [4.69, 9.17) is 23.2 Å². The lowest BCUT2D eigenvalue weighted by Crippen LogP contribution is -2.16. The van der Waals surface area contributed by atoms with E-state index >= 15 is 0 Å². The maximum absolute atomic E-state index is 12.8. The molecule has 0 aromatic heterocycles. The van der Waals surface area contributed by atoms with Gasteiger partial charge in [0, 0.05) is 17.7 Å². The van der Waals surface area contributed by atoms with Crippen LogP contribution in [0.1, 0.15) is 39.5 Å². The van der Waals surface area contributed by atoms with Gasteiger partial charge in [0.05, 0.1) is 16.1 Å². The Kier molecular flexibility index (Phi) is 6.20. The number of carbonyl (C=O) groups excluding carboxylic acids is 1. The molecule has 3 rings (SSSR count). The fourth-order valence-electron chi connectivity index (χ4n) is 2.88. The Labute approximate surface area is 170 Å². The van der Waals surface area contributed by atoms with E-state index in [0.29, 0.717) is 22.0 Å². The number of hydrogen-bond donors (Lipinski definition) is 1. The van der Waals surface area contributed by atoms with Crippen LogP contribution in [0.25, 0.3) is 0 Å². The van der Waals surface area contributed by atoms with Crippen LogP contribution < -0.4 is 5.32 Å². The number of rotatable bonds is 6. The first kappa shape index (κ1) is 19.5. The zero-order valence-electron chi connectivity index (χ0n) is 15.3. The van der Waals surface area contributed by atoms with E-state index in [1.54, 1.807) is 6.07 Å². The van der Waals surface area contributed by atoms with E-state index in [1.165, 1.54) is 5.56 Å². The minimum Gasteiger partial charge on any atom is -0.378 e. The molecule has 138 valence electrons. The second kappa shape index (κ2) is 8.60. The smallest absolute Gasteiger partial charge is 0.165 e. The maximum Gasteiger partial charge on any atom is 0.165 e. The molecule has 0 saturated carbocycles. The topological polar surface area (TPSA) is 29.1 Å². The number of aryl methyl sites for hydroxylation is 2. The molecule has 0 heterocycles. The molecule has 0 bridgehead atoms. The van der Waals surface area contributed by atoms with Crippen LogP contribution in [-0.4, -0.2) is 5.78 Å². The minimum absolute atomic E-state index is 0.0747. The van der Waals surface area contributed by atoms with Crippen LogP contribution in [0.4, 0.5) is 5.69 Å². The summed E-state index contributed by atoms with van der Waals surface area (Å²) in [5, 5.41) is 4.44. The van der Waals surface area contributed by atoms with E-state index in [9.17, 15) is 4.79 Å². The van der Waals surface area contributed by atoms with Crippen LogP contribution in [-0.2, 0) is 0 Å². The average Bonchev–Trinajstić information content (AvgIpc) is 2.65. The van der Waals surface area contributed by atoms with E-state index in [2.05, 4.69) is 5.32 Å². The van der Waals surface area contributed by atoms with Crippen LogP contribution in [0.5, 0.6) is 0 Å². The Bertz CT molecular complexity index is 934. The van der Waals surface area contributed by atoms with E-state index in [0.717, 1.165) is 16.8 Å². The van der Waals surface area contributed by atoms with Gasteiger partial charge in [-0.25, -0.2) is 0 Å². The summed E-state index contributed by atoms with van der Waals surface area (Å²) in [5.74, 6) is 0.0747. The molecule has 0 radical (unpaired) electrons. The van der Waals surface area contributed by atoms with Crippen molar-refractivity contribution < 1.29 is 4.79 Å². The van der Waals surface area contributed by atoms with Crippen LogP contribution in [0.15, 0.2) is 66.7 Å². The largest absolute Gasteiger partial charge is 0.378 e. The molecule has 2 nitrogen and oxygen atoms in total. The van der Waals surface area contributed by atoms with Crippen molar-refractivity contribution in [1.82, 2.24) is 0 Å². The lowest BCUT2D eigenvalue weighted by molar-refractivity contribution is 0.0976. The molecule has 1 atom stereocenters. The van der Waals surface area contributed by atoms with Gasteiger partial charge in [-0.05, 0) is 43.7 Å². The molecule has 0 aliphatic carbocycles. The Morgan fingerprint density at radius 2 is 1.44 bits per heavy atom. The quantitative estimate of drug-likeness (QED) is 0.452. The van der Waals surface area contributed by atoms with Gasteiger partial charge in [-0.2, -0.15) is 0 Å². The van der Waals surface area contributed by atoms with Crippen LogP contribution in [0, 0.1) is 13.8 Å². The fraction of sp³-hybridized carbons (Fsp3) is 0.174. The Balaban J connectivity index is 1.88. The molecule has 3 aromatic carbocycles. The summed E-state index contributed by atoms with van der Waals surface area (Å²) in [6.07, 6.45) is 0.314.